The third kappa shape index (κ3) is 5.02. The number of benzene rings is 10. The van der Waals surface area contributed by atoms with Gasteiger partial charge in [0.25, 0.3) is 0 Å². The summed E-state index contributed by atoms with van der Waals surface area (Å²) in [7, 11) is 0. The molecule has 1 nitrogen and oxygen atoms in total. The highest BCUT2D eigenvalue weighted by Crippen LogP contribution is 2.43. The molecular weight excluding hydrogens is 615 g/mol. The zero-order chi connectivity index (χ0) is 33.7. The Kier molecular flexibility index (Phi) is 6.89. The van der Waals surface area contributed by atoms with E-state index in [0.717, 1.165) is 17.1 Å². The molecule has 0 heterocycles. The molecule has 0 amide bonds. The minimum absolute atomic E-state index is 1.12. The Bertz CT molecular complexity index is 2900. The Morgan fingerprint density at radius 1 is 0.255 bits per heavy atom. The normalized spacial score (nSPS) is 11.5. The van der Waals surface area contributed by atoms with Gasteiger partial charge in [-0.15, -0.1) is 0 Å². The van der Waals surface area contributed by atoms with Crippen LogP contribution in [-0.2, 0) is 0 Å². The van der Waals surface area contributed by atoms with E-state index in [1.54, 1.807) is 0 Å². The van der Waals surface area contributed by atoms with Crippen LogP contribution in [0.5, 0.6) is 0 Å². The van der Waals surface area contributed by atoms with Crippen LogP contribution in [0.2, 0.25) is 0 Å². The van der Waals surface area contributed by atoms with Crippen molar-refractivity contribution < 1.29 is 0 Å². The molecule has 0 bridgehead atoms. The maximum Gasteiger partial charge on any atom is 0.0468 e. The number of nitrogens with zero attached hydrogens (tertiary/aromatic N) is 1. The molecular formula is C50H33N. The average molecular weight is 648 g/mol. The lowest BCUT2D eigenvalue weighted by Gasteiger charge is -2.26. The molecule has 0 spiro atoms. The maximum atomic E-state index is 2.41. The van der Waals surface area contributed by atoms with Crippen molar-refractivity contribution in [3.63, 3.8) is 0 Å². The van der Waals surface area contributed by atoms with Crippen LogP contribution >= 0.6 is 0 Å². The standard InChI is InChI=1S/C50H33N/c1-2-16-41(17-3-1)51(43-29-24-35-13-5-7-15-38(35)31-43)42-27-25-36(26-28-42)48-32-40-33-49(39-23-22-34-12-4-6-14-37(34)30-39)45-19-9-11-21-47(45)50(40)46-20-10-8-18-44(46)48/h1-33H. The van der Waals surface area contributed by atoms with Crippen LogP contribution in [0.25, 0.3) is 76.1 Å². The number of rotatable bonds is 5. The van der Waals surface area contributed by atoms with E-state index in [4.69, 9.17) is 0 Å². The molecule has 0 aromatic heterocycles. The Labute approximate surface area is 297 Å². The molecule has 0 radical (unpaired) electrons. The Morgan fingerprint density at radius 2 is 0.706 bits per heavy atom. The van der Waals surface area contributed by atoms with Crippen LogP contribution < -0.4 is 4.90 Å². The van der Waals surface area contributed by atoms with E-state index in [2.05, 4.69) is 205 Å². The Hall–Kier alpha value is -6.70. The summed E-state index contributed by atoms with van der Waals surface area (Å²) >= 11 is 0. The lowest BCUT2D eigenvalue weighted by atomic mass is 9.87. The summed E-state index contributed by atoms with van der Waals surface area (Å²) in [4.78, 5) is 2.34. The Morgan fingerprint density at radius 3 is 1.35 bits per heavy atom. The first-order valence-electron chi connectivity index (χ1n) is 17.6. The van der Waals surface area contributed by atoms with Gasteiger partial charge in [0.15, 0.2) is 0 Å². The second kappa shape index (κ2) is 12.0. The van der Waals surface area contributed by atoms with Crippen LogP contribution in [0.1, 0.15) is 0 Å². The minimum Gasteiger partial charge on any atom is -0.310 e. The van der Waals surface area contributed by atoms with Crippen molar-refractivity contribution in [3.05, 3.63) is 200 Å². The molecule has 0 saturated heterocycles. The van der Waals surface area contributed by atoms with E-state index in [9.17, 15) is 0 Å². The minimum atomic E-state index is 1.12. The molecule has 10 aromatic carbocycles. The van der Waals surface area contributed by atoms with E-state index >= 15 is 0 Å². The van der Waals surface area contributed by atoms with Crippen molar-refractivity contribution in [2.75, 3.05) is 4.90 Å². The van der Waals surface area contributed by atoms with Gasteiger partial charge in [-0.25, -0.2) is 0 Å². The fourth-order valence-corrected chi connectivity index (χ4v) is 7.95. The van der Waals surface area contributed by atoms with Crippen LogP contribution in [0, 0.1) is 0 Å². The molecule has 10 rings (SSSR count). The molecule has 0 unspecified atom stereocenters. The quantitative estimate of drug-likeness (QED) is 0.168. The van der Waals surface area contributed by atoms with E-state index in [0.29, 0.717) is 0 Å². The van der Waals surface area contributed by atoms with E-state index < -0.39 is 0 Å². The van der Waals surface area contributed by atoms with Gasteiger partial charge in [0.1, 0.15) is 0 Å². The highest BCUT2D eigenvalue weighted by atomic mass is 15.1. The molecule has 238 valence electrons. The second-order valence-electron chi connectivity index (χ2n) is 13.3. The van der Waals surface area contributed by atoms with Gasteiger partial charge in [-0.2, -0.15) is 0 Å². The molecule has 0 atom stereocenters. The number of anilines is 3. The van der Waals surface area contributed by atoms with Crippen molar-refractivity contribution in [3.8, 4) is 22.3 Å². The molecule has 0 aliphatic heterocycles. The van der Waals surface area contributed by atoms with Gasteiger partial charge in [0.2, 0.25) is 0 Å². The molecule has 0 saturated carbocycles. The van der Waals surface area contributed by atoms with Gasteiger partial charge in [-0.05, 0) is 131 Å². The second-order valence-corrected chi connectivity index (χ2v) is 13.3. The number of para-hydroxylation sites is 1. The van der Waals surface area contributed by atoms with Gasteiger partial charge in [-0.3, -0.25) is 0 Å². The predicted octanol–water partition coefficient (Wildman–Crippen LogP) is 14.3. The maximum absolute atomic E-state index is 2.41. The summed E-state index contributed by atoms with van der Waals surface area (Å²) in [5, 5.41) is 12.6. The molecule has 0 aliphatic carbocycles. The van der Waals surface area contributed by atoms with Crippen molar-refractivity contribution in [2.24, 2.45) is 0 Å². The zero-order valence-electron chi connectivity index (χ0n) is 28.0. The summed E-state index contributed by atoms with van der Waals surface area (Å²) in [5.41, 5.74) is 8.32. The summed E-state index contributed by atoms with van der Waals surface area (Å²) in [6, 6.07) is 73.0. The van der Waals surface area contributed by atoms with Crippen molar-refractivity contribution in [1.82, 2.24) is 0 Å². The molecule has 0 aliphatic rings. The fourth-order valence-electron chi connectivity index (χ4n) is 7.95. The van der Waals surface area contributed by atoms with Crippen LogP contribution in [0.4, 0.5) is 17.1 Å². The molecule has 0 N–H and O–H groups in total. The van der Waals surface area contributed by atoms with Crippen LogP contribution in [0.3, 0.4) is 0 Å². The fraction of sp³-hybridized carbons (Fsp3) is 0. The van der Waals surface area contributed by atoms with Gasteiger partial charge in [0.05, 0.1) is 0 Å². The van der Waals surface area contributed by atoms with Gasteiger partial charge in [-0.1, -0.05) is 146 Å². The molecule has 10 aromatic rings. The molecule has 51 heavy (non-hydrogen) atoms. The summed E-state index contributed by atoms with van der Waals surface area (Å²) in [6.45, 7) is 0. The van der Waals surface area contributed by atoms with Gasteiger partial charge in [0, 0.05) is 17.1 Å². The predicted molar refractivity (Wildman–Crippen MR) is 220 cm³/mol. The highest BCUT2D eigenvalue weighted by molar-refractivity contribution is 6.25. The van der Waals surface area contributed by atoms with E-state index in [1.165, 1.54) is 76.1 Å². The highest BCUT2D eigenvalue weighted by Gasteiger charge is 2.17. The largest absolute Gasteiger partial charge is 0.310 e. The zero-order valence-corrected chi connectivity index (χ0v) is 28.0. The van der Waals surface area contributed by atoms with Crippen molar-refractivity contribution in [1.29, 1.82) is 0 Å². The van der Waals surface area contributed by atoms with Gasteiger partial charge >= 0.3 is 0 Å². The third-order valence-corrected chi connectivity index (χ3v) is 10.4. The van der Waals surface area contributed by atoms with Crippen molar-refractivity contribution in [2.45, 2.75) is 0 Å². The first-order valence-corrected chi connectivity index (χ1v) is 17.6. The molecule has 0 fully saturated rings. The number of hydrogen-bond donors (Lipinski definition) is 0. The molecule has 1 heteroatoms. The van der Waals surface area contributed by atoms with Crippen LogP contribution in [0.15, 0.2) is 200 Å². The SMILES string of the molecule is c1ccc(N(c2ccc(-c3cc4cc(-c5ccc6ccccc6c5)c5ccccc5c4c4ccccc34)cc2)c2ccc3ccccc3c2)cc1. The van der Waals surface area contributed by atoms with Crippen molar-refractivity contribution >= 4 is 70.9 Å². The smallest absolute Gasteiger partial charge is 0.0468 e. The van der Waals surface area contributed by atoms with E-state index in [-0.39, 0.29) is 0 Å². The monoisotopic (exact) mass is 647 g/mol. The summed E-state index contributed by atoms with van der Waals surface area (Å²) in [6.07, 6.45) is 0. The summed E-state index contributed by atoms with van der Waals surface area (Å²) < 4.78 is 0. The number of hydrogen-bond acceptors (Lipinski definition) is 1. The summed E-state index contributed by atoms with van der Waals surface area (Å²) in [5.74, 6) is 0. The first kappa shape index (κ1) is 29.2. The number of fused-ring (bicyclic) bond motifs is 7. The first-order chi connectivity index (χ1) is 25.3. The lowest BCUT2D eigenvalue weighted by molar-refractivity contribution is 1.29. The Balaban J connectivity index is 1.15. The van der Waals surface area contributed by atoms with Gasteiger partial charge < -0.3 is 4.90 Å². The average Bonchev–Trinajstić information content (AvgIpc) is 3.20. The van der Waals surface area contributed by atoms with Crippen LogP contribution in [-0.4, -0.2) is 0 Å². The third-order valence-electron chi connectivity index (χ3n) is 10.4. The van der Waals surface area contributed by atoms with E-state index in [1.807, 2.05) is 0 Å². The topological polar surface area (TPSA) is 3.24 Å². The lowest BCUT2D eigenvalue weighted by Crippen LogP contribution is -2.09.